The van der Waals surface area contributed by atoms with Crippen LogP contribution in [0.3, 0.4) is 0 Å². The zero-order chi connectivity index (χ0) is 8.97. The summed E-state index contributed by atoms with van der Waals surface area (Å²) in [4.78, 5) is 10.8. The molecule has 1 aromatic carbocycles. The first-order chi connectivity index (χ1) is 5.74. The molecule has 0 heterocycles. The van der Waals surface area contributed by atoms with Gasteiger partial charge in [0, 0.05) is 0 Å². The number of anilines is 1. The van der Waals surface area contributed by atoms with Crippen LogP contribution in [0.1, 0.15) is 0 Å². The zero-order valence-corrected chi connectivity index (χ0v) is 7.69. The Balaban J connectivity index is 2.75. The quantitative estimate of drug-likeness (QED) is 0.601. The van der Waals surface area contributed by atoms with Crippen molar-refractivity contribution in [2.45, 2.75) is 0 Å². The topological polar surface area (TPSA) is 41.1 Å². The molecule has 5 heteroatoms. The van der Waals surface area contributed by atoms with E-state index < -0.39 is 6.03 Å². The summed E-state index contributed by atoms with van der Waals surface area (Å²) < 4.78 is 2.13. The van der Waals surface area contributed by atoms with Gasteiger partial charge in [0.1, 0.15) is 0 Å². The Kier molecular flexibility index (Phi) is 3.25. The molecule has 3 nitrogen and oxygen atoms in total. The van der Waals surface area contributed by atoms with E-state index in [4.69, 9.17) is 11.6 Å². The first-order valence-corrected chi connectivity index (χ1v) is 4.02. The Hall–Kier alpha value is -0.870. The summed E-state index contributed by atoms with van der Waals surface area (Å²) in [6.45, 7) is 0. The molecule has 1 rings (SSSR count). The van der Waals surface area contributed by atoms with E-state index in [2.05, 4.69) is 22.9 Å². The van der Waals surface area contributed by atoms with Gasteiger partial charge >= 0.3 is 6.03 Å². The van der Waals surface area contributed by atoms with Crippen LogP contribution in [0.25, 0.3) is 0 Å². The third-order valence-corrected chi connectivity index (χ3v) is 1.76. The van der Waals surface area contributed by atoms with Crippen LogP contribution < -0.4 is 10.0 Å². The van der Waals surface area contributed by atoms with Gasteiger partial charge < -0.3 is 5.32 Å². The van der Waals surface area contributed by atoms with Crippen LogP contribution in [0.5, 0.6) is 0 Å². The molecule has 0 saturated carbocycles. The van der Waals surface area contributed by atoms with Crippen LogP contribution in [0.15, 0.2) is 24.3 Å². The molecule has 12 heavy (non-hydrogen) atoms. The number of urea groups is 1. The molecule has 0 unspecified atom stereocenters. The number of halogens is 1. The van der Waals surface area contributed by atoms with E-state index in [1.165, 1.54) is 0 Å². The van der Waals surface area contributed by atoms with Crippen LogP contribution >= 0.6 is 24.4 Å². The van der Waals surface area contributed by atoms with E-state index in [1.54, 1.807) is 24.3 Å². The second kappa shape index (κ2) is 4.23. The summed E-state index contributed by atoms with van der Waals surface area (Å²) in [5.74, 6) is 0. The number of hydrogen-bond acceptors (Lipinski definition) is 2. The highest BCUT2D eigenvalue weighted by molar-refractivity contribution is 7.78. The van der Waals surface area contributed by atoms with Crippen molar-refractivity contribution in [2.24, 2.45) is 0 Å². The molecule has 0 aliphatic carbocycles. The van der Waals surface area contributed by atoms with E-state index in [0.29, 0.717) is 10.7 Å². The molecule has 1 aromatic rings. The molecule has 2 N–H and O–H groups in total. The molecule has 0 aliphatic rings. The smallest absolute Gasteiger partial charge is 0.306 e. The number of thiol groups is 1. The molecule has 0 atom stereocenters. The van der Waals surface area contributed by atoms with Gasteiger partial charge in [-0.1, -0.05) is 36.5 Å². The summed E-state index contributed by atoms with van der Waals surface area (Å²) in [5.41, 5.74) is 0.561. The molecule has 0 aliphatic heterocycles. The van der Waals surface area contributed by atoms with Crippen molar-refractivity contribution in [3.63, 3.8) is 0 Å². The Morgan fingerprint density at radius 2 is 2.08 bits per heavy atom. The monoisotopic (exact) mass is 202 g/mol. The minimum atomic E-state index is -0.411. The molecule has 0 bridgehead atoms. The van der Waals surface area contributed by atoms with Gasteiger partial charge in [-0.3, -0.25) is 4.72 Å². The van der Waals surface area contributed by atoms with Gasteiger partial charge in [0.2, 0.25) is 0 Å². The highest BCUT2D eigenvalue weighted by Crippen LogP contribution is 2.19. The number of para-hydroxylation sites is 1. The predicted molar refractivity (Wildman–Crippen MR) is 52.6 cm³/mol. The third kappa shape index (κ3) is 2.32. The fourth-order valence-corrected chi connectivity index (χ4v) is 0.952. The number of benzene rings is 1. The fourth-order valence-electron chi connectivity index (χ4n) is 0.713. The number of nitrogens with one attached hydrogen (secondary N) is 2. The lowest BCUT2D eigenvalue weighted by molar-refractivity contribution is 0.257. The lowest BCUT2D eigenvalue weighted by Gasteiger charge is -2.04. The van der Waals surface area contributed by atoms with Crippen molar-refractivity contribution in [1.29, 1.82) is 0 Å². The van der Waals surface area contributed by atoms with Gasteiger partial charge in [0.15, 0.2) is 0 Å². The lowest BCUT2D eigenvalue weighted by Crippen LogP contribution is -2.20. The minimum Gasteiger partial charge on any atom is -0.306 e. The minimum absolute atomic E-state index is 0.411. The number of carbonyl (C=O) groups is 1. The maximum absolute atomic E-state index is 10.8. The third-order valence-electron chi connectivity index (χ3n) is 1.22. The Labute approximate surface area is 80.7 Å². The Bertz CT molecular complexity index is 292. The van der Waals surface area contributed by atoms with Crippen LogP contribution in [-0.2, 0) is 0 Å². The second-order valence-electron chi connectivity index (χ2n) is 2.05. The van der Waals surface area contributed by atoms with Gasteiger partial charge in [0.05, 0.1) is 10.7 Å². The molecule has 64 valence electrons. The van der Waals surface area contributed by atoms with E-state index in [-0.39, 0.29) is 0 Å². The van der Waals surface area contributed by atoms with Crippen molar-refractivity contribution in [2.75, 3.05) is 5.32 Å². The number of amides is 2. The molecular weight excluding hydrogens is 196 g/mol. The van der Waals surface area contributed by atoms with Crippen molar-refractivity contribution < 1.29 is 4.79 Å². The normalized spacial score (nSPS) is 9.17. The van der Waals surface area contributed by atoms with Crippen LogP contribution in [0.2, 0.25) is 5.02 Å². The van der Waals surface area contributed by atoms with Gasteiger partial charge in [-0.15, -0.1) is 0 Å². The molecule has 0 saturated heterocycles. The van der Waals surface area contributed by atoms with Gasteiger partial charge in [0.25, 0.3) is 0 Å². The highest BCUT2D eigenvalue weighted by Gasteiger charge is 2.01. The predicted octanol–water partition coefficient (Wildman–Crippen LogP) is 2.31. The highest BCUT2D eigenvalue weighted by atomic mass is 35.5. The lowest BCUT2D eigenvalue weighted by atomic mass is 10.3. The molecule has 0 fully saturated rings. The summed E-state index contributed by atoms with van der Waals surface area (Å²) in [5, 5.41) is 3.00. The molecule has 2 amide bonds. The van der Waals surface area contributed by atoms with Gasteiger partial charge in [-0.25, -0.2) is 4.79 Å². The van der Waals surface area contributed by atoms with E-state index in [1.807, 2.05) is 0 Å². The van der Waals surface area contributed by atoms with E-state index in [9.17, 15) is 4.79 Å². The second-order valence-corrected chi connectivity index (χ2v) is 2.68. The van der Waals surface area contributed by atoms with E-state index >= 15 is 0 Å². The average molecular weight is 203 g/mol. The molecular formula is C7H7ClN2OS. The maximum atomic E-state index is 10.8. The zero-order valence-electron chi connectivity index (χ0n) is 6.04. The SMILES string of the molecule is O=C(NS)Nc1ccccc1Cl. The molecule has 0 spiro atoms. The summed E-state index contributed by atoms with van der Waals surface area (Å²) in [6, 6.07) is 6.54. The Morgan fingerprint density at radius 3 is 2.67 bits per heavy atom. The first kappa shape index (κ1) is 9.22. The number of carbonyl (C=O) groups excluding carboxylic acids is 1. The van der Waals surface area contributed by atoms with Crippen molar-refractivity contribution in [1.82, 2.24) is 4.72 Å². The van der Waals surface area contributed by atoms with Crippen molar-refractivity contribution >= 4 is 36.1 Å². The summed E-state index contributed by atoms with van der Waals surface area (Å²) in [6.07, 6.45) is 0. The van der Waals surface area contributed by atoms with Crippen LogP contribution in [-0.4, -0.2) is 6.03 Å². The number of rotatable bonds is 1. The average Bonchev–Trinajstić information content (AvgIpc) is 2.09. The summed E-state index contributed by atoms with van der Waals surface area (Å²) >= 11 is 9.33. The molecule has 0 aromatic heterocycles. The molecule has 0 radical (unpaired) electrons. The van der Waals surface area contributed by atoms with Crippen molar-refractivity contribution in [3.05, 3.63) is 29.3 Å². The van der Waals surface area contributed by atoms with Crippen LogP contribution in [0, 0.1) is 0 Å². The standard InChI is InChI=1S/C7H7ClN2OS/c8-5-3-1-2-4-6(5)9-7(11)10-12/h1-4,12H,(H2,9,10,11). The maximum Gasteiger partial charge on any atom is 0.329 e. The first-order valence-electron chi connectivity index (χ1n) is 3.19. The number of hydrogen-bond donors (Lipinski definition) is 3. The fraction of sp³-hybridized carbons (Fsp3) is 0. The van der Waals surface area contributed by atoms with Gasteiger partial charge in [-0.2, -0.15) is 0 Å². The summed E-state index contributed by atoms with van der Waals surface area (Å²) in [7, 11) is 0. The Morgan fingerprint density at radius 1 is 1.42 bits per heavy atom. The largest absolute Gasteiger partial charge is 0.329 e. The van der Waals surface area contributed by atoms with Gasteiger partial charge in [-0.05, 0) is 12.1 Å². The van der Waals surface area contributed by atoms with E-state index in [0.717, 1.165) is 0 Å². The van der Waals surface area contributed by atoms with Crippen molar-refractivity contribution in [3.8, 4) is 0 Å². The van der Waals surface area contributed by atoms with Crippen LogP contribution in [0.4, 0.5) is 10.5 Å².